The van der Waals surface area contributed by atoms with E-state index in [1.165, 1.54) is 6.26 Å². The van der Waals surface area contributed by atoms with Gasteiger partial charge >= 0.3 is 5.97 Å². The SMILES string of the molecule is CCc1occc1C(=O)NC1COCC1(C)C(=O)O. The quantitative estimate of drug-likeness (QED) is 0.851. The van der Waals surface area contributed by atoms with Gasteiger partial charge in [0.1, 0.15) is 11.2 Å². The highest BCUT2D eigenvalue weighted by atomic mass is 16.5. The molecule has 1 aromatic rings. The minimum atomic E-state index is -1.09. The fraction of sp³-hybridized carbons (Fsp3) is 0.538. The largest absolute Gasteiger partial charge is 0.481 e. The van der Waals surface area contributed by atoms with Crippen LogP contribution in [0.3, 0.4) is 0 Å². The van der Waals surface area contributed by atoms with Gasteiger partial charge in [-0.05, 0) is 13.0 Å². The van der Waals surface area contributed by atoms with Crippen LogP contribution in [0.2, 0.25) is 0 Å². The lowest BCUT2D eigenvalue weighted by molar-refractivity contribution is -0.148. The molecule has 1 amide bonds. The molecule has 0 radical (unpaired) electrons. The Morgan fingerprint density at radius 3 is 2.95 bits per heavy atom. The fourth-order valence-electron chi connectivity index (χ4n) is 2.14. The van der Waals surface area contributed by atoms with Crippen LogP contribution < -0.4 is 5.32 Å². The van der Waals surface area contributed by atoms with E-state index in [0.717, 1.165) is 0 Å². The van der Waals surface area contributed by atoms with Crippen LogP contribution in [0.25, 0.3) is 0 Å². The molecular weight excluding hydrogens is 250 g/mol. The van der Waals surface area contributed by atoms with E-state index in [1.54, 1.807) is 13.0 Å². The molecular formula is C13H17NO5. The van der Waals surface area contributed by atoms with E-state index >= 15 is 0 Å². The molecule has 1 saturated heterocycles. The molecule has 6 heteroatoms. The molecule has 2 heterocycles. The summed E-state index contributed by atoms with van der Waals surface area (Å²) >= 11 is 0. The van der Waals surface area contributed by atoms with Crippen molar-refractivity contribution < 1.29 is 23.8 Å². The van der Waals surface area contributed by atoms with Crippen molar-refractivity contribution in [2.45, 2.75) is 26.3 Å². The number of amides is 1. The van der Waals surface area contributed by atoms with Crippen LogP contribution in [0.4, 0.5) is 0 Å². The van der Waals surface area contributed by atoms with Gasteiger partial charge in [-0.3, -0.25) is 9.59 Å². The lowest BCUT2D eigenvalue weighted by atomic mass is 9.85. The van der Waals surface area contributed by atoms with Gasteiger partial charge in [0.15, 0.2) is 0 Å². The Morgan fingerprint density at radius 2 is 2.32 bits per heavy atom. The van der Waals surface area contributed by atoms with Crippen LogP contribution >= 0.6 is 0 Å². The highest BCUT2D eigenvalue weighted by Crippen LogP contribution is 2.29. The summed E-state index contributed by atoms with van der Waals surface area (Å²) in [4.78, 5) is 23.4. The van der Waals surface area contributed by atoms with E-state index in [-0.39, 0.29) is 19.1 Å². The van der Waals surface area contributed by atoms with Crippen LogP contribution in [0.5, 0.6) is 0 Å². The molecule has 2 unspecified atom stereocenters. The van der Waals surface area contributed by atoms with E-state index in [1.807, 2.05) is 6.92 Å². The van der Waals surface area contributed by atoms with Gasteiger partial charge in [0.2, 0.25) is 0 Å². The van der Waals surface area contributed by atoms with Gasteiger partial charge in [-0.2, -0.15) is 0 Å². The predicted molar refractivity (Wildman–Crippen MR) is 65.9 cm³/mol. The monoisotopic (exact) mass is 267 g/mol. The van der Waals surface area contributed by atoms with Crippen molar-refractivity contribution in [2.24, 2.45) is 5.41 Å². The number of carbonyl (C=O) groups is 2. The minimum absolute atomic E-state index is 0.0965. The van der Waals surface area contributed by atoms with Crippen molar-refractivity contribution in [3.05, 3.63) is 23.7 Å². The zero-order chi connectivity index (χ0) is 14.0. The Hall–Kier alpha value is -1.82. The van der Waals surface area contributed by atoms with Crippen LogP contribution in [0, 0.1) is 5.41 Å². The molecule has 0 aromatic carbocycles. The van der Waals surface area contributed by atoms with E-state index < -0.39 is 17.4 Å². The Morgan fingerprint density at radius 1 is 1.58 bits per heavy atom. The van der Waals surface area contributed by atoms with Gasteiger partial charge in [-0.25, -0.2) is 0 Å². The molecule has 1 aliphatic rings. The Labute approximate surface area is 110 Å². The minimum Gasteiger partial charge on any atom is -0.481 e. The number of nitrogens with one attached hydrogen (secondary N) is 1. The van der Waals surface area contributed by atoms with E-state index in [9.17, 15) is 14.7 Å². The number of carbonyl (C=O) groups excluding carboxylic acids is 1. The van der Waals surface area contributed by atoms with Crippen molar-refractivity contribution in [3.63, 3.8) is 0 Å². The fourth-order valence-corrected chi connectivity index (χ4v) is 2.14. The highest BCUT2D eigenvalue weighted by molar-refractivity contribution is 5.95. The van der Waals surface area contributed by atoms with Gasteiger partial charge in [0, 0.05) is 6.42 Å². The number of carboxylic acid groups (broad SMARTS) is 1. The lowest BCUT2D eigenvalue weighted by Crippen LogP contribution is -2.49. The van der Waals surface area contributed by atoms with Crippen LogP contribution in [-0.2, 0) is 16.0 Å². The van der Waals surface area contributed by atoms with E-state index in [0.29, 0.717) is 17.7 Å². The summed E-state index contributed by atoms with van der Waals surface area (Å²) in [5.74, 6) is -0.708. The second-order valence-electron chi connectivity index (χ2n) is 4.87. The zero-order valence-electron chi connectivity index (χ0n) is 10.9. The number of furan rings is 1. The molecule has 0 bridgehead atoms. The summed E-state index contributed by atoms with van der Waals surface area (Å²) in [7, 11) is 0. The molecule has 0 spiro atoms. The van der Waals surface area contributed by atoms with Gasteiger partial charge in [-0.1, -0.05) is 6.92 Å². The van der Waals surface area contributed by atoms with Crippen molar-refractivity contribution in [1.82, 2.24) is 5.32 Å². The third kappa shape index (κ3) is 2.35. The maximum absolute atomic E-state index is 12.1. The molecule has 1 aliphatic heterocycles. The molecule has 1 fully saturated rings. The summed E-state index contributed by atoms with van der Waals surface area (Å²) in [5, 5.41) is 12.0. The average Bonchev–Trinajstić information content (AvgIpc) is 2.97. The summed E-state index contributed by atoms with van der Waals surface area (Å²) in [6.07, 6.45) is 2.06. The standard InChI is InChI=1S/C13H17NO5/c1-3-9-8(4-5-19-9)11(15)14-10-6-18-7-13(10,2)12(16)17/h4-5,10H,3,6-7H2,1-2H3,(H,14,15)(H,16,17). The van der Waals surface area contributed by atoms with Crippen molar-refractivity contribution in [3.8, 4) is 0 Å². The maximum Gasteiger partial charge on any atom is 0.313 e. The number of hydrogen-bond acceptors (Lipinski definition) is 4. The van der Waals surface area contributed by atoms with E-state index in [4.69, 9.17) is 9.15 Å². The smallest absolute Gasteiger partial charge is 0.313 e. The summed E-state index contributed by atoms with van der Waals surface area (Å²) < 4.78 is 10.4. The Kier molecular flexibility index (Phi) is 3.61. The first-order chi connectivity index (χ1) is 8.99. The maximum atomic E-state index is 12.1. The number of rotatable bonds is 4. The molecule has 0 aliphatic carbocycles. The second-order valence-corrected chi connectivity index (χ2v) is 4.87. The van der Waals surface area contributed by atoms with Gasteiger partial charge in [0.05, 0.1) is 31.1 Å². The Balaban J connectivity index is 2.13. The second kappa shape index (κ2) is 5.05. The normalized spacial score (nSPS) is 26.3. The highest BCUT2D eigenvalue weighted by Gasteiger charge is 2.47. The molecule has 19 heavy (non-hydrogen) atoms. The first-order valence-electron chi connectivity index (χ1n) is 6.17. The van der Waals surface area contributed by atoms with Crippen LogP contribution in [-0.4, -0.2) is 36.2 Å². The number of ether oxygens (including phenoxy) is 1. The number of aryl methyl sites for hydroxylation is 1. The van der Waals surface area contributed by atoms with Crippen molar-refractivity contribution >= 4 is 11.9 Å². The zero-order valence-corrected chi connectivity index (χ0v) is 10.9. The lowest BCUT2D eigenvalue weighted by Gasteiger charge is -2.25. The van der Waals surface area contributed by atoms with Gasteiger partial charge in [0.25, 0.3) is 5.91 Å². The number of hydrogen-bond donors (Lipinski definition) is 2. The third-order valence-corrected chi connectivity index (χ3v) is 3.56. The number of carboxylic acids is 1. The summed E-state index contributed by atoms with van der Waals surface area (Å²) in [6.45, 7) is 3.76. The van der Waals surface area contributed by atoms with Crippen molar-refractivity contribution in [2.75, 3.05) is 13.2 Å². The van der Waals surface area contributed by atoms with Gasteiger partial charge < -0.3 is 19.6 Å². The molecule has 1 aromatic heterocycles. The molecule has 2 rings (SSSR count). The topological polar surface area (TPSA) is 88.8 Å². The van der Waals surface area contributed by atoms with Crippen LogP contribution in [0.1, 0.15) is 30.0 Å². The molecule has 2 N–H and O–H groups in total. The summed E-state index contributed by atoms with van der Waals surface area (Å²) in [6, 6.07) is 1.04. The molecule has 0 saturated carbocycles. The average molecular weight is 267 g/mol. The van der Waals surface area contributed by atoms with Gasteiger partial charge in [-0.15, -0.1) is 0 Å². The predicted octanol–water partition coefficient (Wildman–Crippen LogP) is 1.06. The van der Waals surface area contributed by atoms with E-state index in [2.05, 4.69) is 5.32 Å². The summed E-state index contributed by atoms with van der Waals surface area (Å²) in [5.41, 5.74) is -0.645. The Bertz CT molecular complexity index is 495. The molecule has 104 valence electrons. The van der Waals surface area contributed by atoms with Crippen LogP contribution in [0.15, 0.2) is 16.7 Å². The molecule has 2 atom stereocenters. The molecule has 6 nitrogen and oxygen atoms in total. The third-order valence-electron chi connectivity index (χ3n) is 3.56. The van der Waals surface area contributed by atoms with Crippen molar-refractivity contribution in [1.29, 1.82) is 0 Å². The first kappa shape index (κ1) is 13.6. The number of aliphatic carboxylic acids is 1. The first-order valence-corrected chi connectivity index (χ1v) is 6.17.